The van der Waals surface area contributed by atoms with Gasteiger partial charge in [-0.15, -0.1) is 5.10 Å². The van der Waals surface area contributed by atoms with Gasteiger partial charge in [-0.1, -0.05) is 29.8 Å². The quantitative estimate of drug-likeness (QED) is 0.735. The van der Waals surface area contributed by atoms with E-state index in [4.69, 9.17) is 17.3 Å². The number of nitrogens with zero attached hydrogens (tertiary/aromatic N) is 4. The Morgan fingerprint density at radius 3 is 2.75 bits per heavy atom. The van der Waals surface area contributed by atoms with Crippen LogP contribution in [0.25, 0.3) is 17.1 Å². The molecule has 3 aromatic rings. The second-order valence-corrected chi connectivity index (χ2v) is 4.84. The molecule has 5 nitrogen and oxygen atoms in total. The van der Waals surface area contributed by atoms with E-state index in [-0.39, 0.29) is 0 Å². The Hall–Kier alpha value is -2.40. The number of halogens is 1. The number of benzene rings is 2. The van der Waals surface area contributed by atoms with Crippen LogP contribution in [0.3, 0.4) is 0 Å². The van der Waals surface area contributed by atoms with E-state index < -0.39 is 0 Å². The SMILES string of the molecule is Cc1cccc(-n2nnnc2-c2cccc(N)c2Cl)c1. The number of tetrazole rings is 1. The number of aromatic nitrogens is 4. The summed E-state index contributed by atoms with van der Waals surface area (Å²) in [4.78, 5) is 0. The fourth-order valence-electron chi connectivity index (χ4n) is 2.01. The number of nitrogens with two attached hydrogens (primary N) is 1. The topological polar surface area (TPSA) is 69.6 Å². The molecule has 0 spiro atoms. The minimum absolute atomic E-state index is 0.455. The highest BCUT2D eigenvalue weighted by Crippen LogP contribution is 2.31. The van der Waals surface area contributed by atoms with E-state index in [9.17, 15) is 0 Å². The van der Waals surface area contributed by atoms with E-state index in [1.54, 1.807) is 10.7 Å². The van der Waals surface area contributed by atoms with Crippen molar-refractivity contribution in [2.75, 3.05) is 5.73 Å². The van der Waals surface area contributed by atoms with Gasteiger partial charge in [-0.3, -0.25) is 0 Å². The molecule has 100 valence electrons. The maximum Gasteiger partial charge on any atom is 0.188 e. The van der Waals surface area contributed by atoms with Gasteiger partial charge in [0.05, 0.1) is 16.4 Å². The van der Waals surface area contributed by atoms with Gasteiger partial charge < -0.3 is 5.73 Å². The fraction of sp³-hybridized carbons (Fsp3) is 0.0714. The fourth-order valence-corrected chi connectivity index (χ4v) is 2.22. The molecule has 0 saturated heterocycles. The minimum atomic E-state index is 0.455. The summed E-state index contributed by atoms with van der Waals surface area (Å²) in [7, 11) is 0. The zero-order valence-electron chi connectivity index (χ0n) is 10.8. The number of hydrogen-bond acceptors (Lipinski definition) is 4. The molecule has 1 aromatic heterocycles. The molecule has 0 amide bonds. The van der Waals surface area contributed by atoms with Crippen LogP contribution in [0.5, 0.6) is 0 Å². The molecule has 0 saturated carbocycles. The van der Waals surface area contributed by atoms with E-state index in [1.807, 2.05) is 43.3 Å². The van der Waals surface area contributed by atoms with Crippen LogP contribution < -0.4 is 5.73 Å². The van der Waals surface area contributed by atoms with Gasteiger partial charge in [-0.05, 0) is 47.2 Å². The van der Waals surface area contributed by atoms with E-state index in [2.05, 4.69) is 15.5 Å². The zero-order valence-corrected chi connectivity index (χ0v) is 11.5. The third kappa shape index (κ3) is 2.12. The highest BCUT2D eigenvalue weighted by atomic mass is 35.5. The van der Waals surface area contributed by atoms with Crippen LogP contribution in [0.1, 0.15) is 5.56 Å². The third-order valence-electron chi connectivity index (χ3n) is 2.99. The maximum absolute atomic E-state index is 6.24. The van der Waals surface area contributed by atoms with Crippen LogP contribution in [0.4, 0.5) is 5.69 Å². The molecule has 0 aliphatic carbocycles. The average molecular weight is 286 g/mol. The van der Waals surface area contributed by atoms with Crippen LogP contribution in [0.2, 0.25) is 5.02 Å². The van der Waals surface area contributed by atoms with E-state index in [0.717, 1.165) is 11.3 Å². The van der Waals surface area contributed by atoms with Crippen molar-refractivity contribution in [3.05, 3.63) is 53.1 Å². The van der Waals surface area contributed by atoms with Crippen molar-refractivity contribution in [2.45, 2.75) is 6.92 Å². The van der Waals surface area contributed by atoms with Crippen LogP contribution in [-0.4, -0.2) is 20.2 Å². The highest BCUT2D eigenvalue weighted by Gasteiger charge is 2.15. The van der Waals surface area contributed by atoms with Crippen LogP contribution in [-0.2, 0) is 0 Å². The summed E-state index contributed by atoms with van der Waals surface area (Å²) in [6, 6.07) is 13.3. The van der Waals surface area contributed by atoms with Gasteiger partial charge in [0, 0.05) is 5.56 Å². The molecule has 6 heteroatoms. The summed E-state index contributed by atoms with van der Waals surface area (Å²) in [5, 5.41) is 12.3. The van der Waals surface area contributed by atoms with Crippen molar-refractivity contribution in [2.24, 2.45) is 0 Å². The Morgan fingerprint density at radius 1 is 1.15 bits per heavy atom. The molecule has 0 radical (unpaired) electrons. The normalized spacial score (nSPS) is 10.7. The van der Waals surface area contributed by atoms with Crippen molar-refractivity contribution in [3.63, 3.8) is 0 Å². The summed E-state index contributed by atoms with van der Waals surface area (Å²) < 4.78 is 1.65. The van der Waals surface area contributed by atoms with Gasteiger partial charge >= 0.3 is 0 Å². The summed E-state index contributed by atoms with van der Waals surface area (Å²) in [6.45, 7) is 2.01. The molecular weight excluding hydrogens is 274 g/mol. The van der Waals surface area contributed by atoms with Gasteiger partial charge in [-0.2, -0.15) is 4.68 Å². The first kappa shape index (κ1) is 12.6. The standard InChI is InChI=1S/C14H12ClN5/c1-9-4-2-5-10(8-9)20-14(17-18-19-20)11-6-3-7-12(16)13(11)15/h2-8H,16H2,1H3. The molecule has 0 aliphatic heterocycles. The number of nitrogen functional groups attached to an aromatic ring is 1. The van der Waals surface area contributed by atoms with Gasteiger partial charge in [-0.25, -0.2) is 0 Å². The number of hydrogen-bond donors (Lipinski definition) is 1. The summed E-state index contributed by atoms with van der Waals surface area (Å²) in [6.07, 6.45) is 0. The largest absolute Gasteiger partial charge is 0.398 e. The Balaban J connectivity index is 2.18. The predicted octanol–water partition coefficient (Wildman–Crippen LogP) is 2.87. The summed E-state index contributed by atoms with van der Waals surface area (Å²) >= 11 is 6.24. The molecule has 3 rings (SSSR count). The van der Waals surface area contributed by atoms with Gasteiger partial charge in [0.25, 0.3) is 0 Å². The highest BCUT2D eigenvalue weighted by molar-refractivity contribution is 6.35. The Kier molecular flexibility index (Phi) is 3.12. The predicted molar refractivity (Wildman–Crippen MR) is 78.7 cm³/mol. The van der Waals surface area contributed by atoms with Crippen LogP contribution in [0.15, 0.2) is 42.5 Å². The Labute approximate surface area is 121 Å². The van der Waals surface area contributed by atoms with Gasteiger partial charge in [0.15, 0.2) is 5.82 Å². The van der Waals surface area contributed by atoms with Crippen LogP contribution >= 0.6 is 11.6 Å². The van der Waals surface area contributed by atoms with Crippen molar-refractivity contribution in [1.82, 2.24) is 20.2 Å². The maximum atomic E-state index is 6.24. The number of rotatable bonds is 2. The minimum Gasteiger partial charge on any atom is -0.398 e. The first-order valence-corrected chi connectivity index (χ1v) is 6.44. The van der Waals surface area contributed by atoms with Crippen molar-refractivity contribution in [3.8, 4) is 17.1 Å². The molecule has 0 atom stereocenters. The number of anilines is 1. The lowest BCUT2D eigenvalue weighted by Crippen LogP contribution is -2.01. The average Bonchev–Trinajstić information content (AvgIpc) is 2.91. The molecule has 0 bridgehead atoms. The second-order valence-electron chi connectivity index (χ2n) is 4.46. The first-order chi connectivity index (χ1) is 9.66. The smallest absolute Gasteiger partial charge is 0.188 e. The Bertz CT molecular complexity index is 766. The zero-order chi connectivity index (χ0) is 14.1. The molecule has 2 aromatic carbocycles. The molecule has 0 unspecified atom stereocenters. The third-order valence-corrected chi connectivity index (χ3v) is 3.41. The van der Waals surface area contributed by atoms with Crippen LogP contribution in [0, 0.1) is 6.92 Å². The summed E-state index contributed by atoms with van der Waals surface area (Å²) in [5.74, 6) is 0.563. The molecule has 0 fully saturated rings. The van der Waals surface area contributed by atoms with Crippen molar-refractivity contribution < 1.29 is 0 Å². The first-order valence-electron chi connectivity index (χ1n) is 6.06. The molecule has 1 heterocycles. The lowest BCUT2D eigenvalue weighted by molar-refractivity contribution is 0.790. The lowest BCUT2D eigenvalue weighted by atomic mass is 10.1. The van der Waals surface area contributed by atoms with E-state index in [1.165, 1.54) is 0 Å². The Morgan fingerprint density at radius 2 is 1.95 bits per heavy atom. The monoisotopic (exact) mass is 285 g/mol. The lowest BCUT2D eigenvalue weighted by Gasteiger charge is -2.08. The molecule has 20 heavy (non-hydrogen) atoms. The number of aryl methyl sites for hydroxylation is 1. The summed E-state index contributed by atoms with van der Waals surface area (Å²) in [5.41, 5.74) is 9.04. The van der Waals surface area contributed by atoms with Crippen molar-refractivity contribution in [1.29, 1.82) is 0 Å². The molecule has 2 N–H and O–H groups in total. The molecular formula is C14H12ClN5. The van der Waals surface area contributed by atoms with E-state index >= 15 is 0 Å². The van der Waals surface area contributed by atoms with E-state index in [0.29, 0.717) is 22.1 Å². The van der Waals surface area contributed by atoms with Gasteiger partial charge in [0.2, 0.25) is 0 Å². The van der Waals surface area contributed by atoms with Crippen molar-refractivity contribution >= 4 is 17.3 Å². The van der Waals surface area contributed by atoms with Gasteiger partial charge in [0.1, 0.15) is 0 Å². The second kappa shape index (κ2) is 4.94. The molecule has 0 aliphatic rings.